The summed E-state index contributed by atoms with van der Waals surface area (Å²) in [5.41, 5.74) is 0.748. The molecule has 0 aliphatic carbocycles. The van der Waals surface area contributed by atoms with E-state index in [1.165, 1.54) is 4.90 Å². The highest BCUT2D eigenvalue weighted by Crippen LogP contribution is 2.21. The Morgan fingerprint density at radius 2 is 2.04 bits per heavy atom. The number of urea groups is 1. The molecular formula is C15H19ClN4O3. The fourth-order valence-electron chi connectivity index (χ4n) is 1.79. The Balaban J connectivity index is 2.05. The highest BCUT2D eigenvalue weighted by molar-refractivity contribution is 6.30. The van der Waals surface area contributed by atoms with Crippen molar-refractivity contribution in [1.82, 2.24) is 20.4 Å². The topological polar surface area (TPSA) is 91.5 Å². The molecule has 2 unspecified atom stereocenters. The van der Waals surface area contributed by atoms with Gasteiger partial charge in [0.25, 0.3) is 5.89 Å². The Labute approximate surface area is 139 Å². The molecule has 1 heterocycles. The van der Waals surface area contributed by atoms with E-state index in [0.29, 0.717) is 16.7 Å². The first-order valence-corrected chi connectivity index (χ1v) is 7.54. The molecule has 0 spiro atoms. The molecule has 7 nitrogen and oxygen atoms in total. The van der Waals surface area contributed by atoms with Gasteiger partial charge in [-0.2, -0.15) is 4.98 Å². The van der Waals surface area contributed by atoms with Gasteiger partial charge in [0.15, 0.2) is 5.82 Å². The van der Waals surface area contributed by atoms with Gasteiger partial charge in [-0.3, -0.25) is 0 Å². The molecule has 124 valence electrons. The van der Waals surface area contributed by atoms with E-state index in [1.807, 2.05) is 0 Å². The van der Waals surface area contributed by atoms with Gasteiger partial charge in [-0.15, -0.1) is 0 Å². The van der Waals surface area contributed by atoms with Gasteiger partial charge >= 0.3 is 6.03 Å². The maximum atomic E-state index is 12.0. The molecule has 2 rings (SSSR count). The Hall–Kier alpha value is -2.12. The second-order valence-electron chi connectivity index (χ2n) is 5.28. The van der Waals surface area contributed by atoms with Gasteiger partial charge in [0.05, 0.1) is 18.7 Å². The van der Waals surface area contributed by atoms with Crippen molar-refractivity contribution in [3.63, 3.8) is 0 Å². The molecule has 0 saturated heterocycles. The van der Waals surface area contributed by atoms with E-state index in [-0.39, 0.29) is 18.7 Å². The number of hydrogen-bond acceptors (Lipinski definition) is 5. The summed E-state index contributed by atoms with van der Waals surface area (Å²) in [6, 6.07) is 5.99. The van der Waals surface area contributed by atoms with Crippen LogP contribution in [0.1, 0.15) is 25.7 Å². The molecule has 0 aliphatic rings. The third-order valence-corrected chi connectivity index (χ3v) is 3.76. The maximum absolute atomic E-state index is 12.0. The van der Waals surface area contributed by atoms with Gasteiger partial charge in [-0.05, 0) is 38.1 Å². The fourth-order valence-corrected chi connectivity index (χ4v) is 1.92. The number of carbonyl (C=O) groups is 1. The summed E-state index contributed by atoms with van der Waals surface area (Å²) < 4.78 is 5.21. The van der Waals surface area contributed by atoms with Crippen LogP contribution in [0, 0.1) is 0 Å². The Bertz CT molecular complexity index is 659. The summed E-state index contributed by atoms with van der Waals surface area (Å²) in [5.74, 6) is 0.725. The van der Waals surface area contributed by atoms with Gasteiger partial charge in [0.2, 0.25) is 0 Å². The van der Waals surface area contributed by atoms with Crippen LogP contribution in [0.15, 0.2) is 28.8 Å². The summed E-state index contributed by atoms with van der Waals surface area (Å²) in [5, 5.41) is 16.3. The van der Waals surface area contributed by atoms with Crippen LogP contribution in [0.3, 0.4) is 0 Å². The zero-order valence-electron chi connectivity index (χ0n) is 13.2. The van der Waals surface area contributed by atoms with Crippen LogP contribution in [-0.4, -0.2) is 45.9 Å². The summed E-state index contributed by atoms with van der Waals surface area (Å²) in [7, 11) is 1.61. The highest BCUT2D eigenvalue weighted by Gasteiger charge is 2.20. The van der Waals surface area contributed by atoms with Crippen molar-refractivity contribution in [2.24, 2.45) is 0 Å². The monoisotopic (exact) mass is 338 g/mol. The van der Waals surface area contributed by atoms with Gasteiger partial charge in [-0.25, -0.2) is 4.79 Å². The lowest BCUT2D eigenvalue weighted by atomic mass is 10.2. The number of carbonyl (C=O) groups excluding carboxylic acids is 1. The van der Waals surface area contributed by atoms with Gasteiger partial charge in [0.1, 0.15) is 0 Å². The minimum absolute atomic E-state index is 0.110. The SMILES string of the molecule is CC(NC(=O)N(C)C(C)CO)c1noc(-c2ccc(Cl)cc2)n1. The van der Waals surface area contributed by atoms with Crippen molar-refractivity contribution in [3.05, 3.63) is 35.1 Å². The lowest BCUT2D eigenvalue weighted by Crippen LogP contribution is -2.44. The van der Waals surface area contributed by atoms with Gasteiger partial charge < -0.3 is 19.8 Å². The predicted molar refractivity (Wildman–Crippen MR) is 86.0 cm³/mol. The predicted octanol–water partition coefficient (Wildman–Crippen LogP) is 2.47. The number of rotatable bonds is 5. The van der Waals surface area contributed by atoms with Crippen LogP contribution in [-0.2, 0) is 0 Å². The number of halogens is 1. The molecule has 1 aromatic heterocycles. The van der Waals surface area contributed by atoms with Gasteiger partial charge in [-0.1, -0.05) is 16.8 Å². The number of aliphatic hydroxyl groups is 1. The summed E-state index contributed by atoms with van der Waals surface area (Å²) in [4.78, 5) is 17.7. The first kappa shape index (κ1) is 17.2. The van der Waals surface area contributed by atoms with Gasteiger partial charge in [0, 0.05) is 17.6 Å². The van der Waals surface area contributed by atoms with Crippen LogP contribution in [0.25, 0.3) is 11.5 Å². The van der Waals surface area contributed by atoms with E-state index in [2.05, 4.69) is 15.5 Å². The number of hydrogen-bond donors (Lipinski definition) is 2. The molecule has 0 aliphatic heterocycles. The quantitative estimate of drug-likeness (QED) is 0.873. The number of aliphatic hydroxyl groups excluding tert-OH is 1. The minimum atomic E-state index is -0.430. The number of aromatic nitrogens is 2. The Morgan fingerprint density at radius 1 is 1.39 bits per heavy atom. The van der Waals surface area contributed by atoms with Crippen LogP contribution in [0.4, 0.5) is 4.79 Å². The lowest BCUT2D eigenvalue weighted by molar-refractivity contribution is 0.155. The second kappa shape index (κ2) is 7.43. The number of nitrogens with one attached hydrogen (secondary N) is 1. The average Bonchev–Trinajstić information content (AvgIpc) is 3.04. The number of likely N-dealkylation sites (N-methyl/N-ethyl adjacent to an activating group) is 1. The Kier molecular flexibility index (Phi) is 5.57. The van der Waals surface area contributed by atoms with E-state index < -0.39 is 6.04 Å². The van der Waals surface area contributed by atoms with E-state index in [9.17, 15) is 4.79 Å². The third-order valence-electron chi connectivity index (χ3n) is 3.51. The van der Waals surface area contributed by atoms with Crippen LogP contribution in [0.5, 0.6) is 0 Å². The van der Waals surface area contributed by atoms with Crippen molar-refractivity contribution < 1.29 is 14.4 Å². The van der Waals surface area contributed by atoms with E-state index in [4.69, 9.17) is 21.2 Å². The standard InChI is InChI=1S/C15H19ClN4O3/c1-9(8-21)20(3)15(22)17-10(2)13-18-14(23-19-13)11-4-6-12(16)7-5-11/h4-7,9-10,21H,8H2,1-3H3,(H,17,22). The summed E-state index contributed by atoms with van der Waals surface area (Å²) >= 11 is 5.84. The molecule has 1 aromatic carbocycles. The second-order valence-corrected chi connectivity index (χ2v) is 5.71. The molecule has 0 saturated carbocycles. The molecule has 0 radical (unpaired) electrons. The zero-order chi connectivity index (χ0) is 17.0. The molecule has 8 heteroatoms. The number of benzene rings is 1. The van der Waals surface area contributed by atoms with Crippen LogP contribution in [0.2, 0.25) is 5.02 Å². The van der Waals surface area contributed by atoms with Crippen molar-refractivity contribution in [1.29, 1.82) is 0 Å². The fraction of sp³-hybridized carbons (Fsp3) is 0.400. The molecule has 2 amide bonds. The molecule has 2 N–H and O–H groups in total. The van der Waals surface area contributed by atoms with Crippen LogP contribution < -0.4 is 5.32 Å². The molecule has 2 aromatic rings. The van der Waals surface area contributed by atoms with Crippen LogP contribution >= 0.6 is 11.6 Å². The van der Waals surface area contributed by atoms with Crippen molar-refractivity contribution in [2.45, 2.75) is 25.9 Å². The average molecular weight is 339 g/mol. The van der Waals surface area contributed by atoms with E-state index in [0.717, 1.165) is 5.56 Å². The summed E-state index contributed by atoms with van der Waals surface area (Å²) in [6.45, 7) is 3.39. The summed E-state index contributed by atoms with van der Waals surface area (Å²) in [6.07, 6.45) is 0. The number of nitrogens with zero attached hydrogens (tertiary/aromatic N) is 3. The van der Waals surface area contributed by atoms with E-state index in [1.54, 1.807) is 45.2 Å². The van der Waals surface area contributed by atoms with E-state index >= 15 is 0 Å². The normalized spacial score (nSPS) is 13.4. The molecule has 23 heavy (non-hydrogen) atoms. The van der Waals surface area contributed by atoms with Crippen molar-refractivity contribution >= 4 is 17.6 Å². The minimum Gasteiger partial charge on any atom is -0.394 e. The largest absolute Gasteiger partial charge is 0.394 e. The first-order valence-electron chi connectivity index (χ1n) is 7.16. The van der Waals surface area contributed by atoms with Crippen molar-refractivity contribution in [2.75, 3.05) is 13.7 Å². The molecule has 0 bridgehead atoms. The zero-order valence-corrected chi connectivity index (χ0v) is 13.9. The molecule has 0 fully saturated rings. The van der Waals surface area contributed by atoms with Crippen molar-refractivity contribution in [3.8, 4) is 11.5 Å². The maximum Gasteiger partial charge on any atom is 0.318 e. The Morgan fingerprint density at radius 3 is 2.65 bits per heavy atom. The number of amides is 2. The lowest BCUT2D eigenvalue weighted by Gasteiger charge is -2.24. The molecule has 2 atom stereocenters. The molecular weight excluding hydrogens is 320 g/mol. The third kappa shape index (κ3) is 4.20. The smallest absolute Gasteiger partial charge is 0.318 e. The first-order chi connectivity index (χ1) is 10.9. The highest BCUT2D eigenvalue weighted by atomic mass is 35.5.